The Kier molecular flexibility index (Phi) is 4.84. The predicted molar refractivity (Wildman–Crippen MR) is 88.8 cm³/mol. The molecule has 2 aromatic carbocycles. The van der Waals surface area contributed by atoms with E-state index in [1.165, 1.54) is 28.9 Å². The first kappa shape index (κ1) is 16.4. The number of aromatic nitrogens is 2. The molecule has 0 spiro atoms. The van der Waals surface area contributed by atoms with Gasteiger partial charge in [-0.25, -0.2) is 4.39 Å². The Bertz CT molecular complexity index is 866. The third-order valence-corrected chi connectivity index (χ3v) is 3.57. The number of amides is 2. The van der Waals surface area contributed by atoms with Crippen LogP contribution in [0.4, 0.5) is 4.39 Å². The minimum absolute atomic E-state index is 0.154. The molecule has 1 unspecified atom stereocenters. The summed E-state index contributed by atoms with van der Waals surface area (Å²) in [7, 11) is 0. The van der Waals surface area contributed by atoms with Crippen LogP contribution >= 0.6 is 0 Å². The number of halogens is 1. The largest absolute Gasteiger partial charge is 0.272 e. The highest BCUT2D eigenvalue weighted by Gasteiger charge is 2.23. The van der Waals surface area contributed by atoms with E-state index in [4.69, 9.17) is 0 Å². The van der Waals surface area contributed by atoms with Crippen LogP contribution in [-0.4, -0.2) is 21.6 Å². The fourth-order valence-electron chi connectivity index (χ4n) is 2.39. The van der Waals surface area contributed by atoms with Crippen LogP contribution in [0.1, 0.15) is 22.0 Å². The summed E-state index contributed by atoms with van der Waals surface area (Å²) in [5.74, 6) is -1.90. The first-order chi connectivity index (χ1) is 12.2. The highest BCUT2D eigenvalue weighted by molar-refractivity contribution is 5.96. The van der Waals surface area contributed by atoms with Crippen molar-refractivity contribution in [3.8, 4) is 0 Å². The first-order valence-electron chi connectivity index (χ1n) is 7.55. The minimum Gasteiger partial charge on any atom is -0.270 e. The molecule has 3 aromatic rings. The number of benzene rings is 2. The SMILES string of the molecule is O=C(NNC(=O)C(c1ccccc1)n1cccn1)c1ccccc1F. The van der Waals surface area contributed by atoms with Gasteiger partial charge in [0, 0.05) is 12.4 Å². The van der Waals surface area contributed by atoms with Gasteiger partial charge in [-0.1, -0.05) is 42.5 Å². The van der Waals surface area contributed by atoms with E-state index < -0.39 is 23.7 Å². The maximum Gasteiger partial charge on any atom is 0.272 e. The lowest BCUT2D eigenvalue weighted by Gasteiger charge is -2.18. The molecule has 6 nitrogen and oxygen atoms in total. The van der Waals surface area contributed by atoms with Gasteiger partial charge in [-0.15, -0.1) is 0 Å². The summed E-state index contributed by atoms with van der Waals surface area (Å²) in [6.45, 7) is 0. The highest BCUT2D eigenvalue weighted by Crippen LogP contribution is 2.17. The lowest BCUT2D eigenvalue weighted by atomic mass is 10.1. The zero-order valence-corrected chi connectivity index (χ0v) is 13.1. The van der Waals surface area contributed by atoms with Crippen molar-refractivity contribution in [2.45, 2.75) is 6.04 Å². The van der Waals surface area contributed by atoms with Crippen LogP contribution in [0, 0.1) is 5.82 Å². The smallest absolute Gasteiger partial charge is 0.270 e. The molecule has 2 amide bonds. The van der Waals surface area contributed by atoms with Gasteiger partial charge in [0.25, 0.3) is 11.8 Å². The molecule has 0 saturated heterocycles. The standard InChI is InChI=1S/C18H15FN4O2/c19-15-10-5-4-9-14(15)17(24)21-22-18(25)16(23-12-6-11-20-23)13-7-2-1-3-8-13/h1-12,16H,(H,21,24)(H,22,25). The van der Waals surface area contributed by atoms with Crippen LogP contribution in [0.5, 0.6) is 0 Å². The molecule has 126 valence electrons. The van der Waals surface area contributed by atoms with Crippen molar-refractivity contribution in [1.82, 2.24) is 20.6 Å². The lowest BCUT2D eigenvalue weighted by molar-refractivity contribution is -0.124. The Balaban J connectivity index is 1.76. The maximum atomic E-state index is 13.6. The van der Waals surface area contributed by atoms with Gasteiger partial charge in [0.05, 0.1) is 5.56 Å². The van der Waals surface area contributed by atoms with E-state index in [0.29, 0.717) is 5.56 Å². The molecule has 0 aliphatic heterocycles. The summed E-state index contributed by atoms with van der Waals surface area (Å²) < 4.78 is 15.1. The Morgan fingerprint density at radius 2 is 1.68 bits per heavy atom. The van der Waals surface area contributed by atoms with Crippen LogP contribution in [0.3, 0.4) is 0 Å². The van der Waals surface area contributed by atoms with Gasteiger partial charge in [0.2, 0.25) is 0 Å². The number of carbonyl (C=O) groups excluding carboxylic acids is 2. The van der Waals surface area contributed by atoms with Gasteiger partial charge in [-0.3, -0.25) is 25.1 Å². The molecule has 0 saturated carbocycles. The van der Waals surface area contributed by atoms with Crippen molar-refractivity contribution in [2.75, 3.05) is 0 Å². The number of nitrogens with one attached hydrogen (secondary N) is 2. The third kappa shape index (κ3) is 3.72. The summed E-state index contributed by atoms with van der Waals surface area (Å²) in [6.07, 6.45) is 3.21. The Labute approximate surface area is 143 Å². The molecular weight excluding hydrogens is 323 g/mol. The molecule has 2 N–H and O–H groups in total. The first-order valence-corrected chi connectivity index (χ1v) is 7.55. The van der Waals surface area contributed by atoms with E-state index in [0.717, 1.165) is 0 Å². The van der Waals surface area contributed by atoms with Gasteiger partial charge in [0.1, 0.15) is 5.82 Å². The average molecular weight is 338 g/mol. The fourth-order valence-corrected chi connectivity index (χ4v) is 2.39. The molecule has 0 radical (unpaired) electrons. The second kappa shape index (κ2) is 7.39. The van der Waals surface area contributed by atoms with Gasteiger partial charge in [0.15, 0.2) is 6.04 Å². The Morgan fingerprint density at radius 1 is 0.960 bits per heavy atom. The summed E-state index contributed by atoms with van der Waals surface area (Å²) in [5.41, 5.74) is 5.10. The Morgan fingerprint density at radius 3 is 2.36 bits per heavy atom. The lowest BCUT2D eigenvalue weighted by Crippen LogP contribution is -2.45. The molecule has 25 heavy (non-hydrogen) atoms. The zero-order chi connectivity index (χ0) is 17.6. The van der Waals surface area contributed by atoms with Gasteiger partial charge in [-0.2, -0.15) is 5.10 Å². The molecular formula is C18H15FN4O2. The summed E-state index contributed by atoms with van der Waals surface area (Å²) >= 11 is 0. The van der Waals surface area contributed by atoms with E-state index in [2.05, 4.69) is 16.0 Å². The van der Waals surface area contributed by atoms with Crippen LogP contribution in [0.2, 0.25) is 0 Å². The van der Waals surface area contributed by atoms with Crippen LogP contribution in [0.15, 0.2) is 73.1 Å². The molecule has 1 aromatic heterocycles. The number of rotatable bonds is 4. The average Bonchev–Trinajstić information content (AvgIpc) is 3.15. The van der Waals surface area contributed by atoms with E-state index >= 15 is 0 Å². The molecule has 1 heterocycles. The normalized spacial score (nSPS) is 11.6. The molecule has 0 bridgehead atoms. The van der Waals surface area contributed by atoms with Crippen LogP contribution in [0.25, 0.3) is 0 Å². The van der Waals surface area contributed by atoms with Crippen molar-refractivity contribution in [2.24, 2.45) is 0 Å². The number of hydrazine groups is 1. The van der Waals surface area contributed by atoms with E-state index in [1.807, 2.05) is 6.07 Å². The molecule has 1 atom stereocenters. The van der Waals surface area contributed by atoms with Gasteiger partial charge < -0.3 is 0 Å². The van der Waals surface area contributed by atoms with Crippen molar-refractivity contribution < 1.29 is 14.0 Å². The van der Waals surface area contributed by atoms with Gasteiger partial charge in [-0.05, 0) is 23.8 Å². The minimum atomic E-state index is -0.767. The molecule has 0 aliphatic rings. The quantitative estimate of drug-likeness (QED) is 0.715. The topological polar surface area (TPSA) is 76.0 Å². The highest BCUT2D eigenvalue weighted by atomic mass is 19.1. The second-order valence-corrected chi connectivity index (χ2v) is 5.22. The van der Waals surface area contributed by atoms with Crippen molar-refractivity contribution in [1.29, 1.82) is 0 Å². The van der Waals surface area contributed by atoms with Gasteiger partial charge >= 0.3 is 0 Å². The van der Waals surface area contributed by atoms with E-state index in [1.54, 1.807) is 42.7 Å². The van der Waals surface area contributed by atoms with E-state index in [9.17, 15) is 14.0 Å². The van der Waals surface area contributed by atoms with Crippen molar-refractivity contribution in [3.05, 3.63) is 90.0 Å². The Hall–Kier alpha value is -3.48. The number of nitrogens with zero attached hydrogens (tertiary/aromatic N) is 2. The number of carbonyl (C=O) groups is 2. The van der Waals surface area contributed by atoms with Crippen LogP contribution < -0.4 is 10.9 Å². The number of hydrogen-bond donors (Lipinski definition) is 2. The number of hydrogen-bond acceptors (Lipinski definition) is 3. The second-order valence-electron chi connectivity index (χ2n) is 5.22. The monoisotopic (exact) mass is 338 g/mol. The van der Waals surface area contributed by atoms with Crippen molar-refractivity contribution in [3.63, 3.8) is 0 Å². The molecule has 7 heteroatoms. The van der Waals surface area contributed by atoms with Crippen molar-refractivity contribution >= 4 is 11.8 Å². The predicted octanol–water partition coefficient (Wildman–Crippen LogP) is 2.07. The third-order valence-electron chi connectivity index (χ3n) is 3.57. The maximum absolute atomic E-state index is 13.6. The summed E-state index contributed by atoms with van der Waals surface area (Å²) in [6, 6.07) is 15.5. The molecule has 3 rings (SSSR count). The van der Waals surface area contributed by atoms with Crippen LogP contribution in [-0.2, 0) is 4.79 Å². The zero-order valence-electron chi connectivity index (χ0n) is 13.1. The molecule has 0 fully saturated rings. The fraction of sp³-hybridized carbons (Fsp3) is 0.0556. The van der Waals surface area contributed by atoms with E-state index in [-0.39, 0.29) is 5.56 Å². The molecule has 0 aliphatic carbocycles. The summed E-state index contributed by atoms with van der Waals surface area (Å²) in [5, 5.41) is 4.10. The summed E-state index contributed by atoms with van der Waals surface area (Å²) in [4.78, 5) is 24.6.